The number of anilines is 1. The monoisotopic (exact) mass is 444 g/mol. The Morgan fingerprint density at radius 2 is 1.55 bits per heavy atom. The van der Waals surface area contributed by atoms with Gasteiger partial charge in [0.05, 0.1) is 5.56 Å². The van der Waals surface area contributed by atoms with Gasteiger partial charge in [0.2, 0.25) is 0 Å². The van der Waals surface area contributed by atoms with Crippen molar-refractivity contribution in [3.63, 3.8) is 0 Å². The number of aromatic nitrogens is 2. The summed E-state index contributed by atoms with van der Waals surface area (Å²) >= 11 is 0. The molecule has 1 fully saturated rings. The number of urea groups is 1. The van der Waals surface area contributed by atoms with Crippen molar-refractivity contribution in [1.29, 1.82) is 0 Å². The predicted octanol–water partition coefficient (Wildman–Crippen LogP) is 3.48. The Morgan fingerprint density at radius 3 is 2.12 bits per heavy atom. The van der Waals surface area contributed by atoms with Crippen molar-refractivity contribution in [1.82, 2.24) is 14.9 Å². The Morgan fingerprint density at radius 1 is 0.970 bits per heavy atom. The van der Waals surface area contributed by atoms with Crippen LogP contribution in [0.25, 0.3) is 0 Å². The number of benzene rings is 2. The van der Waals surface area contributed by atoms with E-state index in [1.165, 1.54) is 18.0 Å². The van der Waals surface area contributed by atoms with Crippen LogP contribution in [0.5, 0.6) is 0 Å². The summed E-state index contributed by atoms with van der Waals surface area (Å²) in [7, 11) is 1.81. The molecule has 0 radical (unpaired) electrons. The molecule has 3 aromatic rings. The molecule has 1 aliphatic rings. The minimum Gasteiger partial charge on any atom is -0.388 e. The summed E-state index contributed by atoms with van der Waals surface area (Å²) in [6.07, 6.45) is 5.14. The van der Waals surface area contributed by atoms with E-state index in [1.807, 2.05) is 53.4 Å². The molecule has 0 spiro atoms. The zero-order valence-corrected chi connectivity index (χ0v) is 18.7. The van der Waals surface area contributed by atoms with Crippen LogP contribution in [0.4, 0.5) is 10.5 Å². The Bertz CT molecular complexity index is 1080. The van der Waals surface area contributed by atoms with E-state index in [4.69, 9.17) is 5.11 Å². The molecule has 0 aliphatic carbocycles. The van der Waals surface area contributed by atoms with Crippen LogP contribution < -0.4 is 4.90 Å². The quantitative estimate of drug-likeness (QED) is 0.588. The lowest BCUT2D eigenvalue weighted by atomic mass is 9.70. The van der Waals surface area contributed by atoms with Crippen LogP contribution in [0, 0.1) is 0 Å². The summed E-state index contributed by atoms with van der Waals surface area (Å²) in [6.45, 7) is 0.704. The summed E-state index contributed by atoms with van der Waals surface area (Å²) in [5, 5.41) is 9.05. The molecule has 1 N–H and O–H groups in total. The van der Waals surface area contributed by atoms with Gasteiger partial charge >= 0.3 is 6.03 Å². The predicted molar refractivity (Wildman–Crippen MR) is 126 cm³/mol. The van der Waals surface area contributed by atoms with Crippen LogP contribution in [0.2, 0.25) is 0 Å². The Kier molecular flexibility index (Phi) is 6.79. The van der Waals surface area contributed by atoms with Gasteiger partial charge in [-0.1, -0.05) is 48.5 Å². The van der Waals surface area contributed by atoms with Crippen LogP contribution in [-0.2, 0) is 11.8 Å². The maximum atomic E-state index is 13.1. The van der Waals surface area contributed by atoms with Crippen molar-refractivity contribution in [3.8, 4) is 0 Å². The normalized spacial score (nSPS) is 15.2. The number of ketones is 1. The molecule has 33 heavy (non-hydrogen) atoms. The SMILES string of the molecule is CN(C(=O)N1CCC(Cc2ncc(C(=O)CO)cn2)(c2ccccc2)CC1)c1ccccc1. The van der Waals surface area contributed by atoms with Crippen LogP contribution in [-0.4, -0.2) is 58.5 Å². The highest BCUT2D eigenvalue weighted by molar-refractivity contribution is 5.96. The zero-order valence-electron chi connectivity index (χ0n) is 18.7. The second kappa shape index (κ2) is 9.92. The van der Waals surface area contributed by atoms with Gasteiger partial charge < -0.3 is 10.0 Å². The van der Waals surface area contributed by atoms with E-state index in [9.17, 15) is 9.59 Å². The number of hydrogen-bond donors (Lipinski definition) is 1. The maximum absolute atomic E-state index is 13.1. The van der Waals surface area contributed by atoms with Crippen LogP contribution >= 0.6 is 0 Å². The molecule has 1 aliphatic heterocycles. The number of hydrogen-bond acceptors (Lipinski definition) is 5. The molecule has 2 aromatic carbocycles. The largest absolute Gasteiger partial charge is 0.388 e. The molecule has 2 heterocycles. The molecule has 2 amide bonds. The summed E-state index contributed by atoms with van der Waals surface area (Å²) in [6, 6.07) is 19.9. The first-order valence-corrected chi connectivity index (χ1v) is 11.1. The smallest absolute Gasteiger partial charge is 0.324 e. The highest BCUT2D eigenvalue weighted by Crippen LogP contribution is 2.38. The van der Waals surface area contributed by atoms with Crippen LogP contribution in [0.15, 0.2) is 73.1 Å². The number of carbonyl (C=O) groups excluding carboxylic acids is 2. The number of para-hydroxylation sites is 1. The Balaban J connectivity index is 1.52. The van der Waals surface area contributed by atoms with Crippen LogP contribution in [0.3, 0.4) is 0 Å². The number of aliphatic hydroxyl groups excluding tert-OH is 1. The summed E-state index contributed by atoms with van der Waals surface area (Å²) < 4.78 is 0. The lowest BCUT2D eigenvalue weighted by molar-refractivity contribution is 0.0903. The number of aliphatic hydroxyl groups is 1. The molecule has 4 rings (SSSR count). The molecule has 1 aromatic heterocycles. The van der Waals surface area contributed by atoms with Crippen molar-refractivity contribution in [2.75, 3.05) is 31.6 Å². The topological polar surface area (TPSA) is 86.6 Å². The van der Waals surface area contributed by atoms with E-state index in [2.05, 4.69) is 22.1 Å². The summed E-state index contributed by atoms with van der Waals surface area (Å²) in [4.78, 5) is 37.2. The fraction of sp³-hybridized carbons (Fsp3) is 0.308. The average molecular weight is 445 g/mol. The molecule has 170 valence electrons. The number of Topliss-reactive ketones (excluding diaryl/α,β-unsaturated/α-hetero) is 1. The zero-order chi connectivity index (χ0) is 23.3. The second-order valence-corrected chi connectivity index (χ2v) is 8.46. The maximum Gasteiger partial charge on any atom is 0.324 e. The first-order valence-electron chi connectivity index (χ1n) is 11.1. The van der Waals surface area contributed by atoms with Crippen molar-refractivity contribution >= 4 is 17.5 Å². The number of likely N-dealkylation sites (tertiary alicyclic amines) is 1. The first kappa shape index (κ1) is 22.6. The van der Waals surface area contributed by atoms with Crippen LogP contribution in [0.1, 0.15) is 34.6 Å². The molecule has 0 unspecified atom stereocenters. The molecule has 7 heteroatoms. The molecule has 1 saturated heterocycles. The van der Waals surface area contributed by atoms with E-state index in [1.54, 1.807) is 11.9 Å². The van der Waals surface area contributed by atoms with E-state index in [-0.39, 0.29) is 11.4 Å². The molecular weight excluding hydrogens is 416 g/mol. The molecular formula is C26H28N4O3. The van der Waals surface area contributed by atoms with E-state index in [0.717, 1.165) is 18.5 Å². The highest BCUT2D eigenvalue weighted by atomic mass is 16.3. The van der Waals surface area contributed by atoms with Crippen molar-refractivity contribution in [3.05, 3.63) is 90.0 Å². The van der Waals surface area contributed by atoms with Gasteiger partial charge in [-0.25, -0.2) is 14.8 Å². The van der Waals surface area contributed by atoms with Gasteiger partial charge in [0.15, 0.2) is 5.78 Å². The number of piperidine rings is 1. The number of nitrogens with zero attached hydrogens (tertiary/aromatic N) is 4. The van der Waals surface area contributed by atoms with E-state index >= 15 is 0 Å². The van der Waals surface area contributed by atoms with Crippen molar-refractivity contribution < 1.29 is 14.7 Å². The fourth-order valence-corrected chi connectivity index (χ4v) is 4.44. The third-order valence-electron chi connectivity index (χ3n) is 6.48. The number of rotatable bonds is 6. The molecule has 0 atom stereocenters. The van der Waals surface area contributed by atoms with Crippen molar-refractivity contribution in [2.45, 2.75) is 24.7 Å². The van der Waals surface area contributed by atoms with Crippen molar-refractivity contribution in [2.24, 2.45) is 0 Å². The number of amides is 2. The first-order chi connectivity index (χ1) is 16.0. The standard InChI is InChI=1S/C26H28N4O3/c1-29(22-10-6-3-7-11-22)25(33)30-14-12-26(13-15-30,21-8-4-2-5-9-21)16-24-27-17-20(18-28-24)23(32)19-31/h2-11,17-18,31H,12-16,19H2,1H3. The summed E-state index contributed by atoms with van der Waals surface area (Å²) in [5.74, 6) is 0.253. The average Bonchev–Trinajstić information content (AvgIpc) is 2.89. The minimum absolute atomic E-state index is 0.00835. The van der Waals surface area contributed by atoms with Gasteiger partial charge in [0, 0.05) is 50.1 Å². The summed E-state index contributed by atoms with van der Waals surface area (Å²) in [5.41, 5.74) is 2.17. The molecule has 7 nitrogen and oxygen atoms in total. The minimum atomic E-state index is -0.558. The third kappa shape index (κ3) is 4.93. The lowest BCUT2D eigenvalue weighted by Crippen LogP contribution is -2.50. The van der Waals surface area contributed by atoms with Gasteiger partial charge in [-0.3, -0.25) is 9.69 Å². The van der Waals surface area contributed by atoms with Gasteiger partial charge in [0.25, 0.3) is 0 Å². The Labute approximate surface area is 193 Å². The fourth-order valence-electron chi connectivity index (χ4n) is 4.44. The van der Waals surface area contributed by atoms with Gasteiger partial charge in [-0.2, -0.15) is 0 Å². The third-order valence-corrected chi connectivity index (χ3v) is 6.48. The second-order valence-electron chi connectivity index (χ2n) is 8.46. The highest BCUT2D eigenvalue weighted by Gasteiger charge is 2.39. The Hall–Kier alpha value is -3.58. The van der Waals surface area contributed by atoms with Gasteiger partial charge in [-0.05, 0) is 30.5 Å². The van der Waals surface area contributed by atoms with E-state index in [0.29, 0.717) is 30.9 Å². The lowest BCUT2D eigenvalue weighted by Gasteiger charge is -2.43. The number of carbonyl (C=O) groups is 2. The van der Waals surface area contributed by atoms with Gasteiger partial charge in [-0.15, -0.1) is 0 Å². The molecule has 0 saturated carbocycles. The van der Waals surface area contributed by atoms with E-state index < -0.39 is 12.4 Å². The molecule has 0 bridgehead atoms. The van der Waals surface area contributed by atoms with Gasteiger partial charge in [0.1, 0.15) is 12.4 Å².